The quantitative estimate of drug-likeness (QED) is 0.643. The van der Waals surface area contributed by atoms with Gasteiger partial charge in [0, 0.05) is 18.1 Å². The zero-order valence-electron chi connectivity index (χ0n) is 12.8. The first kappa shape index (κ1) is 16.4. The SMILES string of the molecule is CN(Cc1nc(-c2cccs2)no1)C(=O)/C=C/c1ccc(Cl)cc1. The fourth-order valence-corrected chi connectivity index (χ4v) is 2.75. The van der Waals surface area contributed by atoms with E-state index in [1.54, 1.807) is 25.3 Å². The van der Waals surface area contributed by atoms with E-state index in [2.05, 4.69) is 10.1 Å². The maximum absolute atomic E-state index is 12.1. The van der Waals surface area contributed by atoms with Crippen molar-refractivity contribution in [3.05, 3.63) is 64.3 Å². The van der Waals surface area contributed by atoms with Crippen LogP contribution in [0, 0.1) is 0 Å². The third kappa shape index (κ3) is 4.10. The van der Waals surface area contributed by atoms with E-state index in [1.807, 2.05) is 29.6 Å². The molecule has 0 bridgehead atoms. The number of halogens is 1. The Morgan fingerprint density at radius 1 is 1.33 bits per heavy atom. The molecule has 0 spiro atoms. The summed E-state index contributed by atoms with van der Waals surface area (Å²) in [5.41, 5.74) is 0.902. The molecule has 0 unspecified atom stereocenters. The number of hydrogen-bond acceptors (Lipinski definition) is 5. The maximum atomic E-state index is 12.1. The van der Waals surface area contributed by atoms with Crippen LogP contribution in [0.5, 0.6) is 0 Å². The molecule has 1 aromatic carbocycles. The highest BCUT2D eigenvalue weighted by atomic mass is 35.5. The molecule has 5 nitrogen and oxygen atoms in total. The summed E-state index contributed by atoms with van der Waals surface area (Å²) in [6.07, 6.45) is 3.24. The lowest BCUT2D eigenvalue weighted by atomic mass is 10.2. The van der Waals surface area contributed by atoms with Crippen molar-refractivity contribution in [2.45, 2.75) is 6.54 Å². The van der Waals surface area contributed by atoms with Crippen molar-refractivity contribution in [3.63, 3.8) is 0 Å². The molecule has 0 radical (unpaired) electrons. The average Bonchev–Trinajstić information content (AvgIpc) is 3.25. The summed E-state index contributed by atoms with van der Waals surface area (Å²) in [6.45, 7) is 0.252. The molecule has 24 heavy (non-hydrogen) atoms. The Balaban J connectivity index is 1.61. The van der Waals surface area contributed by atoms with Crippen LogP contribution < -0.4 is 0 Å². The van der Waals surface area contributed by atoms with Gasteiger partial charge in [0.2, 0.25) is 17.6 Å². The lowest BCUT2D eigenvalue weighted by molar-refractivity contribution is -0.125. The number of benzene rings is 1. The van der Waals surface area contributed by atoms with Crippen LogP contribution in [0.3, 0.4) is 0 Å². The second-order valence-corrected chi connectivity index (χ2v) is 6.45. The smallest absolute Gasteiger partial charge is 0.246 e. The van der Waals surface area contributed by atoms with Gasteiger partial charge in [-0.15, -0.1) is 11.3 Å². The first-order valence-corrected chi connectivity index (χ1v) is 8.43. The van der Waals surface area contributed by atoms with E-state index in [0.29, 0.717) is 16.7 Å². The Morgan fingerprint density at radius 2 is 2.12 bits per heavy atom. The molecule has 3 rings (SSSR count). The summed E-state index contributed by atoms with van der Waals surface area (Å²) in [5.74, 6) is 0.785. The van der Waals surface area contributed by atoms with Gasteiger partial charge in [-0.3, -0.25) is 4.79 Å². The van der Waals surface area contributed by atoms with E-state index >= 15 is 0 Å². The number of carbonyl (C=O) groups is 1. The van der Waals surface area contributed by atoms with Gasteiger partial charge < -0.3 is 9.42 Å². The summed E-state index contributed by atoms with van der Waals surface area (Å²) in [4.78, 5) is 18.9. The Labute approximate surface area is 148 Å². The second kappa shape index (κ2) is 7.42. The molecule has 0 N–H and O–H groups in total. The van der Waals surface area contributed by atoms with Gasteiger partial charge in [0.15, 0.2) is 0 Å². The molecule has 2 heterocycles. The predicted octanol–water partition coefficient (Wildman–Crippen LogP) is 4.12. The molecule has 0 aliphatic heterocycles. The van der Waals surface area contributed by atoms with Gasteiger partial charge in [-0.05, 0) is 35.2 Å². The first-order chi connectivity index (χ1) is 11.6. The van der Waals surface area contributed by atoms with Crippen molar-refractivity contribution < 1.29 is 9.32 Å². The Hall–Kier alpha value is -2.44. The fourth-order valence-electron chi connectivity index (χ4n) is 1.97. The van der Waals surface area contributed by atoms with Crippen LogP contribution in [0.2, 0.25) is 5.02 Å². The molecule has 0 fully saturated rings. The Bertz CT molecular complexity index is 841. The summed E-state index contributed by atoms with van der Waals surface area (Å²) in [6, 6.07) is 11.1. The van der Waals surface area contributed by atoms with E-state index in [-0.39, 0.29) is 12.5 Å². The molecular weight excluding hydrogens is 346 g/mol. The van der Waals surface area contributed by atoms with Crippen molar-refractivity contribution >= 4 is 34.9 Å². The summed E-state index contributed by atoms with van der Waals surface area (Å²) in [5, 5.41) is 6.54. The van der Waals surface area contributed by atoms with Crippen LogP contribution in [-0.2, 0) is 11.3 Å². The number of likely N-dealkylation sites (N-methyl/N-ethyl adjacent to an activating group) is 1. The molecular formula is C17H14ClN3O2S. The van der Waals surface area contributed by atoms with Gasteiger partial charge in [0.1, 0.15) is 0 Å². The van der Waals surface area contributed by atoms with Gasteiger partial charge >= 0.3 is 0 Å². The van der Waals surface area contributed by atoms with Crippen LogP contribution in [0.25, 0.3) is 16.8 Å². The lowest BCUT2D eigenvalue weighted by Gasteiger charge is -2.11. The molecule has 2 aromatic heterocycles. The second-order valence-electron chi connectivity index (χ2n) is 5.07. The van der Waals surface area contributed by atoms with E-state index in [9.17, 15) is 4.79 Å². The first-order valence-electron chi connectivity index (χ1n) is 7.17. The van der Waals surface area contributed by atoms with Crippen LogP contribution in [0.4, 0.5) is 0 Å². The molecule has 7 heteroatoms. The highest BCUT2D eigenvalue weighted by molar-refractivity contribution is 7.13. The highest BCUT2D eigenvalue weighted by Gasteiger charge is 2.13. The number of amides is 1. The normalized spacial score (nSPS) is 11.1. The molecule has 0 saturated heterocycles. The third-order valence-corrected chi connectivity index (χ3v) is 4.36. The van der Waals surface area contributed by atoms with Crippen molar-refractivity contribution in [1.29, 1.82) is 0 Å². The van der Waals surface area contributed by atoms with Gasteiger partial charge in [0.05, 0.1) is 11.4 Å². The van der Waals surface area contributed by atoms with Crippen LogP contribution in [0.15, 0.2) is 52.4 Å². The summed E-state index contributed by atoms with van der Waals surface area (Å²) in [7, 11) is 1.68. The van der Waals surface area contributed by atoms with Crippen LogP contribution in [0.1, 0.15) is 11.5 Å². The van der Waals surface area contributed by atoms with Crippen molar-refractivity contribution in [1.82, 2.24) is 15.0 Å². The minimum absolute atomic E-state index is 0.152. The summed E-state index contributed by atoms with van der Waals surface area (Å²) >= 11 is 7.37. The number of aromatic nitrogens is 2. The number of rotatable bonds is 5. The molecule has 3 aromatic rings. The van der Waals surface area contributed by atoms with Gasteiger partial charge in [-0.25, -0.2) is 0 Å². The zero-order chi connectivity index (χ0) is 16.9. The van der Waals surface area contributed by atoms with E-state index < -0.39 is 0 Å². The van der Waals surface area contributed by atoms with Crippen molar-refractivity contribution in [2.24, 2.45) is 0 Å². The monoisotopic (exact) mass is 359 g/mol. The minimum atomic E-state index is -0.152. The molecule has 122 valence electrons. The standard InChI is InChI=1S/C17H14ClN3O2S/c1-21(16(22)9-6-12-4-7-13(18)8-5-12)11-15-19-17(20-23-15)14-3-2-10-24-14/h2-10H,11H2,1H3/b9-6+. The van der Waals surface area contributed by atoms with Gasteiger partial charge in [-0.1, -0.05) is 35.0 Å². The summed E-state index contributed by atoms with van der Waals surface area (Å²) < 4.78 is 5.20. The van der Waals surface area contributed by atoms with E-state index in [1.165, 1.54) is 22.3 Å². The van der Waals surface area contributed by atoms with Gasteiger partial charge in [0.25, 0.3) is 0 Å². The average molecular weight is 360 g/mol. The van der Waals surface area contributed by atoms with Crippen LogP contribution >= 0.6 is 22.9 Å². The number of thiophene rings is 1. The number of nitrogens with zero attached hydrogens (tertiary/aromatic N) is 3. The lowest BCUT2D eigenvalue weighted by Crippen LogP contribution is -2.24. The molecule has 0 saturated carbocycles. The molecule has 0 aliphatic carbocycles. The molecule has 0 aliphatic rings. The Morgan fingerprint density at radius 3 is 2.83 bits per heavy atom. The molecule has 0 atom stereocenters. The largest absolute Gasteiger partial charge is 0.337 e. The highest BCUT2D eigenvalue weighted by Crippen LogP contribution is 2.21. The third-order valence-electron chi connectivity index (χ3n) is 3.25. The molecule has 1 amide bonds. The number of carbonyl (C=O) groups excluding carboxylic acids is 1. The van der Waals surface area contributed by atoms with Crippen LogP contribution in [-0.4, -0.2) is 28.0 Å². The minimum Gasteiger partial charge on any atom is -0.337 e. The van der Waals surface area contributed by atoms with E-state index in [4.69, 9.17) is 16.1 Å². The number of hydrogen-bond donors (Lipinski definition) is 0. The zero-order valence-corrected chi connectivity index (χ0v) is 14.4. The van der Waals surface area contributed by atoms with Crippen molar-refractivity contribution in [2.75, 3.05) is 7.05 Å². The fraction of sp³-hybridized carbons (Fsp3) is 0.118. The Kier molecular flexibility index (Phi) is 5.08. The van der Waals surface area contributed by atoms with Crippen molar-refractivity contribution in [3.8, 4) is 10.7 Å². The topological polar surface area (TPSA) is 59.2 Å². The maximum Gasteiger partial charge on any atom is 0.246 e. The predicted molar refractivity (Wildman–Crippen MR) is 94.6 cm³/mol. The van der Waals surface area contributed by atoms with E-state index in [0.717, 1.165) is 10.4 Å². The van der Waals surface area contributed by atoms with Gasteiger partial charge in [-0.2, -0.15) is 4.98 Å².